The summed E-state index contributed by atoms with van der Waals surface area (Å²) in [6, 6.07) is 2.19. The molecule has 6 heteroatoms. The van der Waals surface area contributed by atoms with E-state index < -0.39 is 18.1 Å². The van der Waals surface area contributed by atoms with Gasteiger partial charge in [0.1, 0.15) is 5.54 Å². The van der Waals surface area contributed by atoms with Crippen LogP contribution in [-0.4, -0.2) is 31.0 Å². The highest BCUT2D eigenvalue weighted by Gasteiger charge is 2.27. The van der Waals surface area contributed by atoms with Gasteiger partial charge in [-0.2, -0.15) is 18.4 Å². The summed E-state index contributed by atoms with van der Waals surface area (Å²) in [6.07, 6.45) is -3.88. The van der Waals surface area contributed by atoms with Crippen molar-refractivity contribution in [2.24, 2.45) is 0 Å². The van der Waals surface area contributed by atoms with Gasteiger partial charge < -0.3 is 4.74 Å². The van der Waals surface area contributed by atoms with Gasteiger partial charge in [-0.25, -0.2) is 0 Å². The van der Waals surface area contributed by atoms with Crippen molar-refractivity contribution in [1.82, 2.24) is 5.32 Å². The normalized spacial score (nSPS) is 16.7. The first-order chi connectivity index (χ1) is 8.72. The molecular weight excluding hydrogens is 257 g/mol. The molecule has 0 aliphatic carbocycles. The molecule has 0 fully saturated rings. The zero-order valence-corrected chi connectivity index (χ0v) is 11.8. The molecule has 0 rings (SSSR count). The Morgan fingerprint density at radius 2 is 2.00 bits per heavy atom. The van der Waals surface area contributed by atoms with Crippen LogP contribution in [0.25, 0.3) is 0 Å². The lowest BCUT2D eigenvalue weighted by atomic mass is 9.96. The maximum Gasteiger partial charge on any atom is 0.389 e. The van der Waals surface area contributed by atoms with Crippen LogP contribution in [0.4, 0.5) is 13.2 Å². The summed E-state index contributed by atoms with van der Waals surface area (Å²) in [5.41, 5.74) is -0.695. The Morgan fingerprint density at radius 1 is 1.37 bits per heavy atom. The molecule has 0 saturated carbocycles. The van der Waals surface area contributed by atoms with E-state index in [0.717, 1.165) is 13.0 Å². The lowest BCUT2D eigenvalue weighted by Gasteiger charge is -2.26. The van der Waals surface area contributed by atoms with Crippen molar-refractivity contribution in [2.45, 2.75) is 64.3 Å². The molecule has 0 radical (unpaired) electrons. The van der Waals surface area contributed by atoms with Gasteiger partial charge in [-0.1, -0.05) is 6.92 Å². The van der Waals surface area contributed by atoms with E-state index in [1.54, 1.807) is 13.8 Å². The van der Waals surface area contributed by atoms with E-state index in [1.165, 1.54) is 0 Å². The Bertz CT molecular complexity index is 289. The average molecular weight is 280 g/mol. The zero-order chi connectivity index (χ0) is 14.9. The van der Waals surface area contributed by atoms with Crippen molar-refractivity contribution >= 4 is 0 Å². The van der Waals surface area contributed by atoms with Gasteiger partial charge in [0.25, 0.3) is 0 Å². The minimum atomic E-state index is -4.13. The Labute approximate surface area is 113 Å². The lowest BCUT2D eigenvalue weighted by Crippen LogP contribution is -2.44. The molecule has 0 aromatic carbocycles. The van der Waals surface area contributed by atoms with E-state index in [9.17, 15) is 13.2 Å². The second-order valence-corrected chi connectivity index (χ2v) is 4.97. The molecular formula is C13H23F3N2O. The van der Waals surface area contributed by atoms with Crippen molar-refractivity contribution in [2.75, 3.05) is 13.2 Å². The highest BCUT2D eigenvalue weighted by atomic mass is 19.4. The van der Waals surface area contributed by atoms with Crippen LogP contribution in [-0.2, 0) is 4.74 Å². The second-order valence-electron chi connectivity index (χ2n) is 4.97. The van der Waals surface area contributed by atoms with Crippen LogP contribution in [0.5, 0.6) is 0 Å². The highest BCUT2D eigenvalue weighted by Crippen LogP contribution is 2.21. The first-order valence-corrected chi connectivity index (χ1v) is 6.57. The maximum atomic E-state index is 11.9. The van der Waals surface area contributed by atoms with Gasteiger partial charge in [0.15, 0.2) is 0 Å². The fraction of sp³-hybridized carbons (Fsp3) is 0.923. The zero-order valence-electron chi connectivity index (χ0n) is 11.8. The number of hydrogen-bond donors (Lipinski definition) is 1. The Hall–Kier alpha value is -0.800. The first kappa shape index (κ1) is 18.2. The van der Waals surface area contributed by atoms with Crippen molar-refractivity contribution in [3.63, 3.8) is 0 Å². The molecule has 2 atom stereocenters. The van der Waals surface area contributed by atoms with E-state index in [-0.39, 0.29) is 19.1 Å². The number of nitrogens with zero attached hydrogens (tertiary/aromatic N) is 1. The summed E-state index contributed by atoms with van der Waals surface area (Å²) in [5, 5.41) is 12.2. The standard InChI is InChI=1S/C13H23F3N2O/c1-4-7-18-12(3,10-17)9-11(2)19-8-5-6-13(14,15)16/h11,18H,4-9H2,1-3H3. The van der Waals surface area contributed by atoms with Crippen LogP contribution < -0.4 is 5.32 Å². The van der Waals surface area contributed by atoms with Gasteiger partial charge in [-0.3, -0.25) is 5.32 Å². The number of alkyl halides is 3. The maximum absolute atomic E-state index is 11.9. The molecule has 0 heterocycles. The van der Waals surface area contributed by atoms with E-state index in [1.807, 2.05) is 6.92 Å². The van der Waals surface area contributed by atoms with Crippen LogP contribution >= 0.6 is 0 Å². The predicted molar refractivity (Wildman–Crippen MR) is 67.6 cm³/mol. The molecule has 1 N–H and O–H groups in total. The first-order valence-electron chi connectivity index (χ1n) is 6.57. The quantitative estimate of drug-likeness (QED) is 0.658. The monoisotopic (exact) mass is 280 g/mol. The molecule has 0 aromatic rings. The Morgan fingerprint density at radius 3 is 2.47 bits per heavy atom. The minimum absolute atomic E-state index is 0.0422. The SMILES string of the molecule is CCCNC(C)(C#N)CC(C)OCCCC(F)(F)F. The molecule has 19 heavy (non-hydrogen) atoms. The highest BCUT2D eigenvalue weighted by molar-refractivity contribution is 5.04. The number of nitriles is 1. The number of ether oxygens (including phenoxy) is 1. The number of nitrogens with one attached hydrogen (secondary N) is 1. The van der Waals surface area contributed by atoms with Crippen LogP contribution in [0.1, 0.15) is 46.5 Å². The summed E-state index contributed by atoms with van der Waals surface area (Å²) >= 11 is 0. The molecule has 3 nitrogen and oxygen atoms in total. The minimum Gasteiger partial charge on any atom is -0.378 e. The van der Waals surface area contributed by atoms with Crippen LogP contribution in [0.3, 0.4) is 0 Å². The topological polar surface area (TPSA) is 45.0 Å². The van der Waals surface area contributed by atoms with Crippen LogP contribution in [0, 0.1) is 11.3 Å². The van der Waals surface area contributed by atoms with Gasteiger partial charge in [-0.15, -0.1) is 0 Å². The second kappa shape index (κ2) is 8.39. The fourth-order valence-electron chi connectivity index (χ4n) is 1.75. The van der Waals surface area contributed by atoms with Crippen LogP contribution in [0.2, 0.25) is 0 Å². The smallest absolute Gasteiger partial charge is 0.378 e. The molecule has 0 spiro atoms. The van der Waals surface area contributed by atoms with Crippen LogP contribution in [0.15, 0.2) is 0 Å². The predicted octanol–water partition coefficient (Wildman–Crippen LogP) is 3.41. The van der Waals surface area contributed by atoms with E-state index in [0.29, 0.717) is 6.42 Å². The molecule has 0 saturated heterocycles. The summed E-state index contributed by atoms with van der Waals surface area (Å²) in [4.78, 5) is 0. The van der Waals surface area contributed by atoms with Crippen molar-refractivity contribution in [3.8, 4) is 6.07 Å². The van der Waals surface area contributed by atoms with Gasteiger partial charge in [0.05, 0.1) is 12.2 Å². The summed E-state index contributed by atoms with van der Waals surface area (Å²) < 4.78 is 41.1. The third-order valence-electron chi connectivity index (χ3n) is 2.71. The van der Waals surface area contributed by atoms with Gasteiger partial charge in [0.2, 0.25) is 0 Å². The lowest BCUT2D eigenvalue weighted by molar-refractivity contribution is -0.138. The van der Waals surface area contributed by atoms with Crippen molar-refractivity contribution in [1.29, 1.82) is 5.26 Å². The molecule has 0 aromatic heterocycles. The Balaban J connectivity index is 3.95. The van der Waals surface area contributed by atoms with E-state index in [2.05, 4.69) is 11.4 Å². The number of halogens is 3. The average Bonchev–Trinajstić information content (AvgIpc) is 2.31. The summed E-state index contributed by atoms with van der Waals surface area (Å²) in [5.74, 6) is 0. The van der Waals surface area contributed by atoms with E-state index in [4.69, 9.17) is 10.00 Å². The third kappa shape index (κ3) is 9.74. The molecule has 0 aliphatic heterocycles. The third-order valence-corrected chi connectivity index (χ3v) is 2.71. The van der Waals surface area contributed by atoms with Gasteiger partial charge >= 0.3 is 6.18 Å². The fourth-order valence-corrected chi connectivity index (χ4v) is 1.75. The van der Waals surface area contributed by atoms with Gasteiger partial charge in [-0.05, 0) is 33.2 Å². The summed E-state index contributed by atoms with van der Waals surface area (Å²) in [7, 11) is 0. The number of hydrogen-bond acceptors (Lipinski definition) is 3. The molecule has 0 bridgehead atoms. The molecule has 112 valence electrons. The van der Waals surface area contributed by atoms with Crippen molar-refractivity contribution in [3.05, 3.63) is 0 Å². The van der Waals surface area contributed by atoms with Crippen molar-refractivity contribution < 1.29 is 17.9 Å². The Kier molecular flexibility index (Phi) is 8.03. The number of rotatable bonds is 9. The molecule has 0 amide bonds. The molecule has 0 aliphatic rings. The van der Waals surface area contributed by atoms with Gasteiger partial charge in [0, 0.05) is 19.4 Å². The summed E-state index contributed by atoms with van der Waals surface area (Å²) in [6.45, 7) is 6.34. The van der Waals surface area contributed by atoms with E-state index >= 15 is 0 Å². The largest absolute Gasteiger partial charge is 0.389 e. The molecule has 2 unspecified atom stereocenters.